The van der Waals surface area contributed by atoms with Crippen molar-refractivity contribution >= 4 is 5.91 Å². The van der Waals surface area contributed by atoms with Crippen molar-refractivity contribution in [1.29, 1.82) is 0 Å². The molecule has 34 heavy (non-hydrogen) atoms. The van der Waals surface area contributed by atoms with Gasteiger partial charge in [0.05, 0.1) is 5.69 Å². The SMILES string of the molecule is CC(C)[C@@H](CCc1nccc(-c2ccccc2)n1)N(C)C(=O)c1ccccc1-c1ccccc1. The second kappa shape index (κ2) is 10.9. The van der Waals surface area contributed by atoms with Crippen molar-refractivity contribution in [2.45, 2.75) is 32.7 Å². The van der Waals surface area contributed by atoms with Crippen LogP contribution in [0, 0.1) is 5.92 Å². The Morgan fingerprint density at radius 2 is 1.44 bits per heavy atom. The second-order valence-corrected chi connectivity index (χ2v) is 8.90. The Bertz CT molecular complexity index is 1220. The number of nitrogens with zero attached hydrogens (tertiary/aromatic N) is 3. The van der Waals surface area contributed by atoms with E-state index >= 15 is 0 Å². The Labute approximate surface area is 202 Å². The lowest BCUT2D eigenvalue weighted by atomic mass is 9.94. The molecule has 0 saturated heterocycles. The molecule has 0 aliphatic rings. The third-order valence-electron chi connectivity index (χ3n) is 6.27. The fraction of sp³-hybridized carbons (Fsp3) is 0.233. The van der Waals surface area contributed by atoms with Gasteiger partial charge < -0.3 is 4.90 Å². The first kappa shape index (κ1) is 23.4. The topological polar surface area (TPSA) is 46.1 Å². The van der Waals surface area contributed by atoms with Gasteiger partial charge in [-0.3, -0.25) is 4.79 Å². The highest BCUT2D eigenvalue weighted by Gasteiger charge is 2.26. The van der Waals surface area contributed by atoms with Crippen LogP contribution < -0.4 is 0 Å². The highest BCUT2D eigenvalue weighted by atomic mass is 16.2. The summed E-state index contributed by atoms with van der Waals surface area (Å²) in [5.74, 6) is 1.14. The molecule has 1 aromatic heterocycles. The van der Waals surface area contributed by atoms with Crippen LogP contribution >= 0.6 is 0 Å². The predicted octanol–water partition coefficient (Wildman–Crippen LogP) is 6.54. The first-order valence-corrected chi connectivity index (χ1v) is 11.8. The second-order valence-electron chi connectivity index (χ2n) is 8.90. The molecule has 0 N–H and O–H groups in total. The molecule has 4 heteroatoms. The van der Waals surface area contributed by atoms with Gasteiger partial charge in [0.25, 0.3) is 5.91 Å². The maximum atomic E-state index is 13.6. The molecule has 4 rings (SSSR count). The smallest absolute Gasteiger partial charge is 0.254 e. The Kier molecular flexibility index (Phi) is 7.48. The average molecular weight is 450 g/mol. The lowest BCUT2D eigenvalue weighted by Gasteiger charge is -2.32. The van der Waals surface area contributed by atoms with Crippen molar-refractivity contribution in [2.24, 2.45) is 5.92 Å². The van der Waals surface area contributed by atoms with Crippen LogP contribution in [0.3, 0.4) is 0 Å². The van der Waals surface area contributed by atoms with Crippen LogP contribution in [-0.2, 0) is 6.42 Å². The van der Waals surface area contributed by atoms with Gasteiger partial charge in [-0.2, -0.15) is 0 Å². The van der Waals surface area contributed by atoms with Crippen molar-refractivity contribution in [3.05, 3.63) is 109 Å². The van der Waals surface area contributed by atoms with Gasteiger partial charge in [0, 0.05) is 36.8 Å². The minimum absolute atomic E-state index is 0.0390. The highest BCUT2D eigenvalue weighted by molar-refractivity contribution is 6.00. The molecule has 1 heterocycles. The van der Waals surface area contributed by atoms with Crippen LogP contribution in [0.15, 0.2) is 97.2 Å². The van der Waals surface area contributed by atoms with Crippen LogP contribution in [0.1, 0.15) is 36.5 Å². The molecule has 0 fully saturated rings. The maximum absolute atomic E-state index is 13.6. The van der Waals surface area contributed by atoms with E-state index < -0.39 is 0 Å². The Morgan fingerprint density at radius 3 is 2.12 bits per heavy atom. The summed E-state index contributed by atoms with van der Waals surface area (Å²) in [7, 11) is 1.91. The van der Waals surface area contributed by atoms with E-state index in [9.17, 15) is 4.79 Å². The fourth-order valence-electron chi connectivity index (χ4n) is 4.42. The molecule has 0 radical (unpaired) electrons. The number of hydrogen-bond acceptors (Lipinski definition) is 3. The molecule has 1 amide bonds. The van der Waals surface area contributed by atoms with Crippen LogP contribution in [-0.4, -0.2) is 33.9 Å². The summed E-state index contributed by atoms with van der Waals surface area (Å²) in [4.78, 5) is 24.8. The summed E-state index contributed by atoms with van der Waals surface area (Å²) in [5, 5.41) is 0. The summed E-state index contributed by atoms with van der Waals surface area (Å²) in [6.07, 6.45) is 3.33. The van der Waals surface area contributed by atoms with E-state index in [-0.39, 0.29) is 11.9 Å². The lowest BCUT2D eigenvalue weighted by molar-refractivity contribution is 0.0679. The molecule has 172 valence electrons. The number of rotatable bonds is 8. The van der Waals surface area contributed by atoms with Gasteiger partial charge in [-0.1, -0.05) is 92.7 Å². The lowest BCUT2D eigenvalue weighted by Crippen LogP contribution is -2.41. The molecule has 4 aromatic rings. The van der Waals surface area contributed by atoms with Crippen molar-refractivity contribution in [3.63, 3.8) is 0 Å². The van der Waals surface area contributed by atoms with Gasteiger partial charge in [0.2, 0.25) is 0 Å². The molecule has 3 aromatic carbocycles. The van der Waals surface area contributed by atoms with Gasteiger partial charge in [-0.05, 0) is 35.6 Å². The number of aryl methyl sites for hydroxylation is 1. The molecular weight excluding hydrogens is 418 g/mol. The molecule has 0 unspecified atom stereocenters. The predicted molar refractivity (Wildman–Crippen MR) is 138 cm³/mol. The van der Waals surface area contributed by atoms with Crippen LogP contribution in [0.4, 0.5) is 0 Å². The summed E-state index contributed by atoms with van der Waals surface area (Å²) in [6, 6.07) is 30.1. The van der Waals surface area contributed by atoms with Crippen molar-refractivity contribution < 1.29 is 4.79 Å². The van der Waals surface area contributed by atoms with E-state index in [1.54, 1.807) is 0 Å². The number of benzene rings is 3. The molecule has 0 aliphatic carbocycles. The number of hydrogen-bond donors (Lipinski definition) is 0. The van der Waals surface area contributed by atoms with Crippen molar-refractivity contribution in [2.75, 3.05) is 7.05 Å². The van der Waals surface area contributed by atoms with Gasteiger partial charge in [0.1, 0.15) is 5.82 Å². The number of carbonyl (C=O) groups is 1. The summed E-state index contributed by atoms with van der Waals surface area (Å²) in [5.41, 5.74) is 4.74. The van der Waals surface area contributed by atoms with E-state index in [0.717, 1.165) is 40.2 Å². The average Bonchev–Trinajstić information content (AvgIpc) is 2.89. The first-order valence-electron chi connectivity index (χ1n) is 11.8. The minimum atomic E-state index is 0.0390. The summed E-state index contributed by atoms with van der Waals surface area (Å²) < 4.78 is 0. The zero-order valence-corrected chi connectivity index (χ0v) is 20.1. The number of amides is 1. The Morgan fingerprint density at radius 1 is 0.824 bits per heavy atom. The van der Waals surface area contributed by atoms with Gasteiger partial charge >= 0.3 is 0 Å². The normalized spacial score (nSPS) is 11.9. The van der Waals surface area contributed by atoms with Crippen molar-refractivity contribution in [3.8, 4) is 22.4 Å². The molecule has 1 atom stereocenters. The van der Waals surface area contributed by atoms with E-state index in [0.29, 0.717) is 12.3 Å². The van der Waals surface area contributed by atoms with Crippen LogP contribution in [0.5, 0.6) is 0 Å². The molecule has 0 bridgehead atoms. The molecule has 0 spiro atoms. The van der Waals surface area contributed by atoms with E-state index in [1.165, 1.54) is 0 Å². The molecular formula is C30H31N3O. The summed E-state index contributed by atoms with van der Waals surface area (Å²) in [6.45, 7) is 4.33. The van der Waals surface area contributed by atoms with E-state index in [1.807, 2.05) is 97.0 Å². The highest BCUT2D eigenvalue weighted by Crippen LogP contribution is 2.26. The number of carbonyl (C=O) groups excluding carboxylic acids is 1. The number of aromatic nitrogens is 2. The van der Waals surface area contributed by atoms with Gasteiger partial charge in [-0.25, -0.2) is 9.97 Å². The van der Waals surface area contributed by atoms with E-state index in [4.69, 9.17) is 4.98 Å². The molecule has 4 nitrogen and oxygen atoms in total. The van der Waals surface area contributed by atoms with Gasteiger partial charge in [-0.15, -0.1) is 0 Å². The Hall–Kier alpha value is -3.79. The largest absolute Gasteiger partial charge is 0.338 e. The van der Waals surface area contributed by atoms with E-state index in [2.05, 4.69) is 31.0 Å². The van der Waals surface area contributed by atoms with Crippen molar-refractivity contribution in [1.82, 2.24) is 14.9 Å². The zero-order valence-electron chi connectivity index (χ0n) is 20.1. The Balaban J connectivity index is 1.52. The third kappa shape index (κ3) is 5.40. The maximum Gasteiger partial charge on any atom is 0.254 e. The standard InChI is InChI=1S/C30H31N3O/c1-22(2)28(18-19-29-31-21-20-27(32-29)24-14-8-5-9-15-24)33(3)30(34)26-17-11-10-16-25(26)23-12-6-4-7-13-23/h4-17,20-22,28H,18-19H2,1-3H3/t28-/m1/s1. The summed E-state index contributed by atoms with van der Waals surface area (Å²) >= 11 is 0. The third-order valence-corrected chi connectivity index (χ3v) is 6.27. The quantitative estimate of drug-likeness (QED) is 0.307. The fourth-order valence-corrected chi connectivity index (χ4v) is 4.42. The molecule has 0 aliphatic heterocycles. The monoisotopic (exact) mass is 449 g/mol. The van der Waals surface area contributed by atoms with Crippen LogP contribution in [0.25, 0.3) is 22.4 Å². The van der Waals surface area contributed by atoms with Gasteiger partial charge in [0.15, 0.2) is 0 Å². The minimum Gasteiger partial charge on any atom is -0.338 e. The first-order chi connectivity index (χ1) is 16.5. The van der Waals surface area contributed by atoms with Crippen LogP contribution in [0.2, 0.25) is 0 Å². The zero-order chi connectivity index (χ0) is 23.9. The molecule has 0 saturated carbocycles.